The molecule has 1 aliphatic rings. The van der Waals surface area contributed by atoms with Gasteiger partial charge in [-0.3, -0.25) is 15.0 Å². The third-order valence-corrected chi connectivity index (χ3v) is 5.34. The van der Waals surface area contributed by atoms with Crippen LogP contribution >= 0.6 is 0 Å². The Hall–Kier alpha value is -1.69. The average Bonchev–Trinajstić information content (AvgIpc) is 2.58. The van der Waals surface area contributed by atoms with Crippen LogP contribution in [0.25, 0.3) is 0 Å². The molecule has 1 aliphatic heterocycles. The number of carbonyl (C=O) groups excluding carboxylic acids is 1. The van der Waals surface area contributed by atoms with Crippen molar-refractivity contribution in [1.82, 2.24) is 4.90 Å². The largest absolute Gasteiger partial charge is 0.480 e. The molecule has 0 aromatic carbocycles. The number of nitrogens with two attached hydrogens (primary N) is 3. The molecule has 0 radical (unpaired) electrons. The molecular formula is C16H32BN5O5. The number of aliphatic carboxylic acids is 1. The average molecular weight is 385 g/mol. The predicted octanol–water partition coefficient (Wildman–Crippen LogP) is -1.31. The summed E-state index contributed by atoms with van der Waals surface area (Å²) in [6, 6.07) is -1.53. The molecule has 0 aromatic rings. The second-order valence-corrected chi connectivity index (χ2v) is 7.52. The van der Waals surface area contributed by atoms with E-state index in [-0.39, 0.29) is 36.9 Å². The third-order valence-electron chi connectivity index (χ3n) is 5.34. The Bertz CT molecular complexity index is 549. The van der Waals surface area contributed by atoms with Crippen LogP contribution in [0, 0.1) is 11.3 Å². The van der Waals surface area contributed by atoms with Crippen LogP contribution in [0.2, 0.25) is 6.32 Å². The number of amides is 1. The Morgan fingerprint density at radius 2 is 2.00 bits per heavy atom. The number of carboxylic acid groups (broad SMARTS) is 1. The van der Waals surface area contributed by atoms with E-state index >= 15 is 0 Å². The van der Waals surface area contributed by atoms with Crippen molar-refractivity contribution in [1.29, 1.82) is 5.41 Å². The van der Waals surface area contributed by atoms with Gasteiger partial charge in [0.25, 0.3) is 0 Å². The number of rotatable bonds is 10. The summed E-state index contributed by atoms with van der Waals surface area (Å²) in [7, 11) is -1.49. The standard InChI is InChI=1S/C16H32BN5O5/c1-10-16(21,15(24)25)8-11(6-7-17(26)27)9-22(10)14(23)12(18)4-2-3-5-13(19)20/h10-12,26-27H,2-9,18,21H2,1H3,(H3,19,20)(H,24,25)/t10-,11-,12-,16+/m0/s1. The minimum atomic E-state index is -1.62. The molecule has 0 saturated carbocycles. The molecule has 1 amide bonds. The van der Waals surface area contributed by atoms with Crippen molar-refractivity contribution in [3.63, 3.8) is 0 Å². The molecule has 1 saturated heterocycles. The van der Waals surface area contributed by atoms with Gasteiger partial charge in [0.05, 0.1) is 17.9 Å². The van der Waals surface area contributed by atoms with Crippen LogP contribution in [0.5, 0.6) is 0 Å². The maximum atomic E-state index is 12.8. The lowest BCUT2D eigenvalue weighted by molar-refractivity contribution is -0.154. The van der Waals surface area contributed by atoms with Gasteiger partial charge in [-0.1, -0.05) is 12.8 Å². The summed E-state index contributed by atoms with van der Waals surface area (Å²) in [5.41, 5.74) is 15.8. The smallest absolute Gasteiger partial charge is 0.451 e. The number of piperidine rings is 1. The van der Waals surface area contributed by atoms with E-state index in [0.717, 1.165) is 0 Å². The minimum absolute atomic E-state index is 0.0773. The van der Waals surface area contributed by atoms with E-state index < -0.39 is 30.7 Å². The Kier molecular flexibility index (Phi) is 8.67. The molecule has 4 atom stereocenters. The van der Waals surface area contributed by atoms with Crippen molar-refractivity contribution < 1.29 is 24.7 Å². The summed E-state index contributed by atoms with van der Waals surface area (Å²) in [6.45, 7) is 1.88. The summed E-state index contributed by atoms with van der Waals surface area (Å²) < 4.78 is 0. The molecule has 1 fully saturated rings. The quantitative estimate of drug-likeness (QED) is 0.104. The number of nitrogens with zero attached hydrogens (tertiary/aromatic N) is 1. The van der Waals surface area contributed by atoms with Gasteiger partial charge < -0.3 is 37.3 Å². The third kappa shape index (κ3) is 6.45. The summed E-state index contributed by atoms with van der Waals surface area (Å²) in [4.78, 5) is 26.0. The van der Waals surface area contributed by atoms with Gasteiger partial charge in [0.1, 0.15) is 5.54 Å². The minimum Gasteiger partial charge on any atom is -0.480 e. The lowest BCUT2D eigenvalue weighted by Crippen LogP contribution is -2.69. The Labute approximate surface area is 159 Å². The summed E-state index contributed by atoms with van der Waals surface area (Å²) in [5, 5.41) is 35.0. The first-order valence-corrected chi connectivity index (χ1v) is 9.26. The van der Waals surface area contributed by atoms with E-state index in [0.29, 0.717) is 32.1 Å². The highest BCUT2D eigenvalue weighted by Crippen LogP contribution is 2.33. The number of nitrogens with one attached hydrogen (secondary N) is 1. The van der Waals surface area contributed by atoms with Crippen LogP contribution in [-0.2, 0) is 9.59 Å². The number of hydrogen-bond acceptors (Lipinski definition) is 7. The molecule has 11 heteroatoms. The van der Waals surface area contributed by atoms with Crippen molar-refractivity contribution in [2.45, 2.75) is 69.4 Å². The summed E-state index contributed by atoms with van der Waals surface area (Å²) in [6.07, 6.45) is 2.69. The van der Waals surface area contributed by atoms with Crippen LogP contribution < -0.4 is 17.2 Å². The Balaban J connectivity index is 2.82. The fraction of sp³-hybridized carbons (Fsp3) is 0.812. The number of amidine groups is 1. The summed E-state index contributed by atoms with van der Waals surface area (Å²) >= 11 is 0. The van der Waals surface area contributed by atoms with E-state index in [2.05, 4.69) is 0 Å². The van der Waals surface area contributed by atoms with E-state index in [1.807, 2.05) is 0 Å². The molecular weight excluding hydrogens is 353 g/mol. The number of hydrogen-bond donors (Lipinski definition) is 7. The number of carbonyl (C=O) groups is 2. The van der Waals surface area contributed by atoms with Crippen LogP contribution in [0.15, 0.2) is 0 Å². The number of likely N-dealkylation sites (tertiary alicyclic amines) is 1. The topological polar surface area (TPSA) is 200 Å². The Morgan fingerprint density at radius 3 is 2.52 bits per heavy atom. The lowest BCUT2D eigenvalue weighted by Gasteiger charge is -2.48. The van der Waals surface area contributed by atoms with Gasteiger partial charge in [0.15, 0.2) is 0 Å². The zero-order valence-corrected chi connectivity index (χ0v) is 15.8. The molecule has 0 unspecified atom stereocenters. The SMILES string of the molecule is C[C@@H]1N(C(=O)[C@@H](N)CCCCC(=N)N)C[C@@H](CCB(O)O)C[C@]1(N)C(=O)O. The molecule has 0 aliphatic carbocycles. The molecule has 27 heavy (non-hydrogen) atoms. The maximum Gasteiger partial charge on any atom is 0.451 e. The van der Waals surface area contributed by atoms with E-state index in [1.54, 1.807) is 6.92 Å². The van der Waals surface area contributed by atoms with E-state index in [1.165, 1.54) is 4.90 Å². The van der Waals surface area contributed by atoms with Gasteiger partial charge in [0.2, 0.25) is 5.91 Å². The highest BCUT2D eigenvalue weighted by Gasteiger charge is 2.50. The molecule has 10 N–H and O–H groups in total. The van der Waals surface area contributed by atoms with Crippen molar-refractivity contribution in [3.8, 4) is 0 Å². The first-order chi connectivity index (χ1) is 12.5. The Morgan fingerprint density at radius 1 is 1.37 bits per heavy atom. The van der Waals surface area contributed by atoms with Gasteiger partial charge in [0, 0.05) is 13.0 Å². The highest BCUT2D eigenvalue weighted by atomic mass is 16.4. The van der Waals surface area contributed by atoms with Crippen molar-refractivity contribution in [2.24, 2.45) is 23.1 Å². The van der Waals surface area contributed by atoms with Crippen molar-refractivity contribution >= 4 is 24.8 Å². The van der Waals surface area contributed by atoms with Crippen LogP contribution in [0.3, 0.4) is 0 Å². The molecule has 1 heterocycles. The molecule has 10 nitrogen and oxygen atoms in total. The van der Waals surface area contributed by atoms with Gasteiger partial charge >= 0.3 is 13.1 Å². The van der Waals surface area contributed by atoms with Crippen LogP contribution in [-0.4, -0.2) is 69.1 Å². The van der Waals surface area contributed by atoms with Gasteiger partial charge in [-0.15, -0.1) is 0 Å². The first-order valence-electron chi connectivity index (χ1n) is 9.26. The maximum absolute atomic E-state index is 12.8. The molecule has 0 spiro atoms. The monoisotopic (exact) mass is 385 g/mol. The second-order valence-electron chi connectivity index (χ2n) is 7.52. The van der Waals surface area contributed by atoms with E-state index in [4.69, 9.17) is 32.7 Å². The second kappa shape index (κ2) is 10.0. The molecule has 154 valence electrons. The fourth-order valence-corrected chi connectivity index (χ4v) is 3.57. The van der Waals surface area contributed by atoms with Gasteiger partial charge in [-0.25, -0.2) is 0 Å². The predicted molar refractivity (Wildman–Crippen MR) is 102 cm³/mol. The number of carboxylic acids is 1. The van der Waals surface area contributed by atoms with Crippen molar-refractivity contribution in [2.75, 3.05) is 6.54 Å². The number of unbranched alkanes of at least 4 members (excludes halogenated alkanes) is 1. The first kappa shape index (κ1) is 23.4. The van der Waals surface area contributed by atoms with Gasteiger partial charge in [-0.05, 0) is 38.4 Å². The highest BCUT2D eigenvalue weighted by molar-refractivity contribution is 6.40. The van der Waals surface area contributed by atoms with Crippen molar-refractivity contribution in [3.05, 3.63) is 0 Å². The zero-order chi connectivity index (χ0) is 20.8. The lowest BCUT2D eigenvalue weighted by atomic mass is 9.72. The summed E-state index contributed by atoms with van der Waals surface area (Å²) in [5.74, 6) is -1.74. The van der Waals surface area contributed by atoms with Crippen LogP contribution in [0.1, 0.15) is 45.4 Å². The van der Waals surface area contributed by atoms with Crippen LogP contribution in [0.4, 0.5) is 0 Å². The normalized spacial score (nSPS) is 26.5. The molecule has 1 rings (SSSR count). The zero-order valence-electron chi connectivity index (χ0n) is 15.8. The fourth-order valence-electron chi connectivity index (χ4n) is 3.57. The van der Waals surface area contributed by atoms with Gasteiger partial charge in [-0.2, -0.15) is 0 Å². The molecule has 0 aromatic heterocycles. The van der Waals surface area contributed by atoms with E-state index in [9.17, 15) is 14.7 Å². The molecule has 0 bridgehead atoms.